The maximum Gasteiger partial charge on any atom is 0.257 e. The molecule has 1 saturated heterocycles. The third-order valence-electron chi connectivity index (χ3n) is 4.08. The monoisotopic (exact) mass is 388 g/mol. The van der Waals surface area contributed by atoms with E-state index in [1.54, 1.807) is 18.2 Å². The lowest BCUT2D eigenvalue weighted by atomic mass is 10.1. The Morgan fingerprint density at radius 3 is 2.24 bits per heavy atom. The highest BCUT2D eigenvalue weighted by molar-refractivity contribution is 6.36. The Morgan fingerprint density at radius 2 is 1.60 bits per heavy atom. The van der Waals surface area contributed by atoms with Gasteiger partial charge in [0.15, 0.2) is 17.5 Å². The summed E-state index contributed by atoms with van der Waals surface area (Å²) in [7, 11) is 0. The molecule has 2 aromatic rings. The molecule has 1 heterocycles. The van der Waals surface area contributed by atoms with Crippen LogP contribution in [0.25, 0.3) is 0 Å². The number of hydrogen-bond donors (Lipinski definition) is 0. The zero-order valence-corrected chi connectivity index (χ0v) is 14.4. The SMILES string of the molecule is O=C(c1ccc(F)c(F)c1F)N1CCN(c2ccc(Cl)cc2Cl)CC1. The van der Waals surface area contributed by atoms with Crippen molar-refractivity contribution in [3.8, 4) is 0 Å². The van der Waals surface area contributed by atoms with Crippen LogP contribution in [0.4, 0.5) is 18.9 Å². The minimum atomic E-state index is -1.64. The van der Waals surface area contributed by atoms with Gasteiger partial charge in [0.25, 0.3) is 5.91 Å². The zero-order chi connectivity index (χ0) is 18.1. The summed E-state index contributed by atoms with van der Waals surface area (Å²) in [6.45, 7) is 1.54. The molecule has 0 bridgehead atoms. The maximum absolute atomic E-state index is 13.8. The fourth-order valence-corrected chi connectivity index (χ4v) is 3.28. The van der Waals surface area contributed by atoms with Crippen molar-refractivity contribution in [3.05, 3.63) is 63.4 Å². The number of amides is 1. The highest BCUT2D eigenvalue weighted by atomic mass is 35.5. The number of piperazine rings is 1. The summed E-state index contributed by atoms with van der Waals surface area (Å²) in [4.78, 5) is 15.7. The van der Waals surface area contributed by atoms with Crippen LogP contribution in [0, 0.1) is 17.5 Å². The third kappa shape index (κ3) is 3.55. The van der Waals surface area contributed by atoms with Gasteiger partial charge in [-0.3, -0.25) is 4.79 Å². The first kappa shape index (κ1) is 17.9. The van der Waals surface area contributed by atoms with Crippen molar-refractivity contribution in [1.82, 2.24) is 4.90 Å². The first-order valence-corrected chi connectivity index (χ1v) is 8.27. The number of halogens is 5. The Hall–Kier alpha value is -1.92. The second-order valence-corrected chi connectivity index (χ2v) is 6.44. The van der Waals surface area contributed by atoms with Gasteiger partial charge in [-0.15, -0.1) is 0 Å². The van der Waals surface area contributed by atoms with Crippen LogP contribution < -0.4 is 4.90 Å². The highest BCUT2D eigenvalue weighted by Gasteiger charge is 2.27. The molecule has 3 nitrogen and oxygen atoms in total. The molecule has 1 aliphatic heterocycles. The summed E-state index contributed by atoms with van der Waals surface area (Å²) < 4.78 is 40.1. The molecule has 1 amide bonds. The zero-order valence-electron chi connectivity index (χ0n) is 12.9. The minimum absolute atomic E-state index is 0.302. The van der Waals surface area contributed by atoms with Crippen LogP contribution in [0.3, 0.4) is 0 Å². The Labute approximate surface area is 152 Å². The van der Waals surface area contributed by atoms with E-state index in [1.807, 2.05) is 4.90 Å². The van der Waals surface area contributed by atoms with Gasteiger partial charge in [-0.05, 0) is 30.3 Å². The van der Waals surface area contributed by atoms with Crippen molar-refractivity contribution in [2.75, 3.05) is 31.1 Å². The molecule has 0 spiro atoms. The van der Waals surface area contributed by atoms with Gasteiger partial charge in [0, 0.05) is 31.2 Å². The Bertz CT molecular complexity index is 824. The van der Waals surface area contributed by atoms with Crippen molar-refractivity contribution >= 4 is 34.8 Å². The van der Waals surface area contributed by atoms with Gasteiger partial charge in [0.2, 0.25) is 0 Å². The van der Waals surface area contributed by atoms with Crippen molar-refractivity contribution in [3.63, 3.8) is 0 Å². The van der Waals surface area contributed by atoms with Gasteiger partial charge in [0.05, 0.1) is 16.3 Å². The van der Waals surface area contributed by atoms with Crippen molar-refractivity contribution in [2.45, 2.75) is 0 Å². The lowest BCUT2D eigenvalue weighted by molar-refractivity contribution is 0.0740. The normalized spacial score (nSPS) is 14.8. The molecule has 8 heteroatoms. The van der Waals surface area contributed by atoms with E-state index in [0.717, 1.165) is 17.8 Å². The van der Waals surface area contributed by atoms with E-state index in [4.69, 9.17) is 23.2 Å². The number of rotatable bonds is 2. The fourth-order valence-electron chi connectivity index (χ4n) is 2.75. The Kier molecular flexibility index (Phi) is 5.11. The van der Waals surface area contributed by atoms with Crippen LogP contribution in [0.5, 0.6) is 0 Å². The third-order valence-corrected chi connectivity index (χ3v) is 4.62. The second-order valence-electron chi connectivity index (χ2n) is 5.60. The number of carbonyl (C=O) groups excluding carboxylic acids is 1. The van der Waals surface area contributed by atoms with Crippen molar-refractivity contribution < 1.29 is 18.0 Å². The molecule has 0 radical (unpaired) electrons. The van der Waals surface area contributed by atoms with Crippen LogP contribution in [0.15, 0.2) is 30.3 Å². The summed E-state index contributed by atoms with van der Waals surface area (Å²) in [5.74, 6) is -5.10. The van der Waals surface area contributed by atoms with Gasteiger partial charge >= 0.3 is 0 Å². The minimum Gasteiger partial charge on any atom is -0.367 e. The second kappa shape index (κ2) is 7.14. The molecule has 25 heavy (non-hydrogen) atoms. The summed E-state index contributed by atoms with van der Waals surface area (Å²) in [5, 5.41) is 1.02. The standard InChI is InChI=1S/C17H13Cl2F3N2O/c18-10-1-4-14(12(19)9-10)23-5-7-24(8-6-23)17(25)11-2-3-13(20)16(22)15(11)21/h1-4,9H,5-8H2. The van der Waals surface area contributed by atoms with E-state index in [0.29, 0.717) is 36.2 Å². The van der Waals surface area contributed by atoms with Crippen LogP contribution in [-0.4, -0.2) is 37.0 Å². The topological polar surface area (TPSA) is 23.6 Å². The van der Waals surface area contributed by atoms with E-state index < -0.39 is 28.9 Å². The van der Waals surface area contributed by atoms with Crippen molar-refractivity contribution in [2.24, 2.45) is 0 Å². The number of nitrogens with zero attached hydrogens (tertiary/aromatic N) is 2. The summed E-state index contributed by atoms with van der Waals surface area (Å²) >= 11 is 12.1. The Balaban J connectivity index is 1.72. The molecule has 0 unspecified atom stereocenters. The quantitative estimate of drug-likeness (QED) is 0.713. The van der Waals surface area contributed by atoms with Crippen LogP contribution >= 0.6 is 23.2 Å². The first-order valence-electron chi connectivity index (χ1n) is 7.51. The number of carbonyl (C=O) groups is 1. The summed E-state index contributed by atoms with van der Waals surface area (Å²) in [6.07, 6.45) is 0. The lowest BCUT2D eigenvalue weighted by Crippen LogP contribution is -2.49. The van der Waals surface area contributed by atoms with Gasteiger partial charge in [-0.2, -0.15) is 0 Å². The van der Waals surface area contributed by atoms with E-state index in [1.165, 1.54) is 4.90 Å². The molecule has 132 valence electrons. The van der Waals surface area contributed by atoms with Crippen LogP contribution in [0.1, 0.15) is 10.4 Å². The molecular formula is C17H13Cl2F3N2O. The molecule has 0 atom stereocenters. The fraction of sp³-hybridized carbons (Fsp3) is 0.235. The molecule has 2 aromatic carbocycles. The molecule has 1 aliphatic rings. The van der Waals surface area contributed by atoms with Gasteiger partial charge in [0.1, 0.15) is 0 Å². The number of hydrogen-bond acceptors (Lipinski definition) is 2. The molecule has 3 rings (SSSR count). The number of anilines is 1. The molecule has 1 fully saturated rings. The largest absolute Gasteiger partial charge is 0.367 e. The van der Waals surface area contributed by atoms with E-state index in [2.05, 4.69) is 0 Å². The Morgan fingerprint density at radius 1 is 0.920 bits per heavy atom. The molecule has 0 aliphatic carbocycles. The summed E-state index contributed by atoms with van der Waals surface area (Å²) in [6, 6.07) is 6.84. The average molecular weight is 389 g/mol. The van der Waals surface area contributed by atoms with Gasteiger partial charge < -0.3 is 9.80 Å². The van der Waals surface area contributed by atoms with E-state index in [9.17, 15) is 18.0 Å². The predicted molar refractivity (Wildman–Crippen MR) is 90.9 cm³/mol. The molecular weight excluding hydrogens is 376 g/mol. The molecule has 0 aromatic heterocycles. The highest BCUT2D eigenvalue weighted by Crippen LogP contribution is 2.29. The number of benzene rings is 2. The van der Waals surface area contributed by atoms with Crippen molar-refractivity contribution in [1.29, 1.82) is 0 Å². The van der Waals surface area contributed by atoms with Crippen LogP contribution in [0.2, 0.25) is 10.0 Å². The summed E-state index contributed by atoms with van der Waals surface area (Å²) in [5.41, 5.74) is 0.314. The van der Waals surface area contributed by atoms with Crippen LogP contribution in [-0.2, 0) is 0 Å². The molecule has 0 N–H and O–H groups in total. The van der Waals surface area contributed by atoms with E-state index in [-0.39, 0.29) is 0 Å². The lowest BCUT2D eigenvalue weighted by Gasteiger charge is -2.36. The predicted octanol–water partition coefficient (Wildman–Crippen LogP) is 4.37. The first-order chi connectivity index (χ1) is 11.9. The molecule has 0 saturated carbocycles. The van der Waals surface area contributed by atoms with E-state index >= 15 is 0 Å². The van der Waals surface area contributed by atoms with Gasteiger partial charge in [-0.1, -0.05) is 23.2 Å². The average Bonchev–Trinajstić information content (AvgIpc) is 2.60. The maximum atomic E-state index is 13.8. The smallest absolute Gasteiger partial charge is 0.257 e. The van der Waals surface area contributed by atoms with Gasteiger partial charge in [-0.25, -0.2) is 13.2 Å².